The van der Waals surface area contributed by atoms with E-state index in [1.807, 2.05) is 0 Å². The van der Waals surface area contributed by atoms with Crippen molar-refractivity contribution < 1.29 is 19.6 Å². The number of nitro benzene ring substituents is 1. The van der Waals surface area contributed by atoms with Gasteiger partial charge in [0.25, 0.3) is 5.69 Å². The van der Waals surface area contributed by atoms with Crippen LogP contribution in [0.25, 0.3) is 5.57 Å². The molecule has 28 heavy (non-hydrogen) atoms. The molecular weight excluding hydrogens is 360 g/mol. The SMILES string of the molecule is CO[C@H]1CC[C@@H](N(CC(C)C)c2ccc(/C(C)=C/C(=O)O)cc2[N+](=O)[O-])CC1. The van der Waals surface area contributed by atoms with Gasteiger partial charge in [-0.2, -0.15) is 0 Å². The average Bonchev–Trinajstić information content (AvgIpc) is 2.65. The molecule has 7 nitrogen and oxygen atoms in total. The van der Waals surface area contributed by atoms with Crippen LogP contribution in [0.5, 0.6) is 0 Å². The summed E-state index contributed by atoms with van der Waals surface area (Å²) in [5.74, 6) is -0.714. The van der Waals surface area contributed by atoms with Crippen LogP contribution in [0, 0.1) is 16.0 Å². The van der Waals surface area contributed by atoms with Crippen LogP contribution < -0.4 is 4.90 Å². The second kappa shape index (κ2) is 9.68. The van der Waals surface area contributed by atoms with Gasteiger partial charge < -0.3 is 14.7 Å². The largest absolute Gasteiger partial charge is 0.478 e. The van der Waals surface area contributed by atoms with Gasteiger partial charge in [-0.3, -0.25) is 10.1 Å². The van der Waals surface area contributed by atoms with E-state index < -0.39 is 5.97 Å². The van der Waals surface area contributed by atoms with Crippen LogP contribution in [0.4, 0.5) is 11.4 Å². The van der Waals surface area contributed by atoms with E-state index in [9.17, 15) is 14.9 Å². The summed E-state index contributed by atoms with van der Waals surface area (Å²) in [6, 6.07) is 5.25. The quantitative estimate of drug-likeness (QED) is 0.399. The lowest BCUT2D eigenvalue weighted by molar-refractivity contribution is -0.384. The summed E-state index contributed by atoms with van der Waals surface area (Å²) in [6.45, 7) is 6.58. The van der Waals surface area contributed by atoms with Gasteiger partial charge in [0.05, 0.1) is 11.0 Å². The van der Waals surface area contributed by atoms with Gasteiger partial charge >= 0.3 is 5.97 Å². The fourth-order valence-electron chi connectivity index (χ4n) is 3.86. The van der Waals surface area contributed by atoms with Gasteiger partial charge in [-0.05, 0) is 55.7 Å². The Morgan fingerprint density at radius 2 is 2.00 bits per heavy atom. The van der Waals surface area contributed by atoms with E-state index in [2.05, 4.69) is 18.7 Å². The number of hydrogen-bond donors (Lipinski definition) is 1. The summed E-state index contributed by atoms with van der Waals surface area (Å²) in [5.41, 5.74) is 1.65. The normalized spacial score (nSPS) is 20.2. The van der Waals surface area contributed by atoms with E-state index in [0.29, 0.717) is 22.7 Å². The molecule has 0 bridgehead atoms. The Labute approximate surface area is 166 Å². The van der Waals surface area contributed by atoms with Crippen molar-refractivity contribution >= 4 is 22.9 Å². The Kier molecular flexibility index (Phi) is 7.57. The first-order valence-electron chi connectivity index (χ1n) is 9.72. The lowest BCUT2D eigenvalue weighted by Crippen LogP contribution is -2.41. The average molecular weight is 390 g/mol. The number of nitrogens with zero attached hydrogens (tertiary/aromatic N) is 2. The molecule has 1 aromatic carbocycles. The van der Waals surface area contributed by atoms with Crippen LogP contribution >= 0.6 is 0 Å². The minimum atomic E-state index is -1.07. The molecule has 1 aromatic rings. The standard InChI is InChI=1S/C21H30N2O5/c1-14(2)13-22(17-6-8-18(28-4)9-7-17)19-10-5-16(12-20(19)23(26)27)15(3)11-21(24)25/h5,10-12,14,17-18H,6-9,13H2,1-4H3,(H,24,25)/b15-11+/t17-,18+. The van der Waals surface area contributed by atoms with E-state index >= 15 is 0 Å². The number of carbonyl (C=O) groups is 1. The predicted octanol–water partition coefficient (Wildman–Crippen LogP) is 4.50. The zero-order valence-electron chi connectivity index (χ0n) is 17.1. The smallest absolute Gasteiger partial charge is 0.328 e. The Morgan fingerprint density at radius 1 is 1.36 bits per heavy atom. The number of benzene rings is 1. The molecule has 1 aliphatic rings. The molecule has 1 fully saturated rings. The number of anilines is 1. The third-order valence-electron chi connectivity index (χ3n) is 5.26. The second-order valence-corrected chi connectivity index (χ2v) is 7.84. The number of methoxy groups -OCH3 is 1. The summed E-state index contributed by atoms with van der Waals surface area (Å²) < 4.78 is 5.46. The van der Waals surface area contributed by atoms with E-state index in [-0.39, 0.29) is 22.8 Å². The first-order valence-corrected chi connectivity index (χ1v) is 9.72. The zero-order valence-corrected chi connectivity index (χ0v) is 17.1. The highest BCUT2D eigenvalue weighted by molar-refractivity contribution is 5.90. The molecule has 0 heterocycles. The first-order chi connectivity index (χ1) is 13.2. The lowest BCUT2D eigenvalue weighted by Gasteiger charge is -2.38. The highest BCUT2D eigenvalue weighted by atomic mass is 16.6. The number of aliphatic carboxylic acids is 1. The molecule has 0 atom stereocenters. The molecule has 0 spiro atoms. The van der Waals surface area contributed by atoms with Crippen molar-refractivity contribution in [3.8, 4) is 0 Å². The summed E-state index contributed by atoms with van der Waals surface area (Å²) in [5, 5.41) is 20.8. The van der Waals surface area contributed by atoms with Crippen LogP contribution in [-0.2, 0) is 9.53 Å². The first kappa shape index (κ1) is 21.9. The van der Waals surface area contributed by atoms with Crippen molar-refractivity contribution in [2.45, 2.75) is 58.6 Å². The summed E-state index contributed by atoms with van der Waals surface area (Å²) >= 11 is 0. The molecule has 0 radical (unpaired) electrons. The van der Waals surface area contributed by atoms with Crippen molar-refractivity contribution in [3.63, 3.8) is 0 Å². The Bertz CT molecular complexity index is 736. The van der Waals surface area contributed by atoms with Crippen molar-refractivity contribution in [2.75, 3.05) is 18.6 Å². The third-order valence-corrected chi connectivity index (χ3v) is 5.26. The fourth-order valence-corrected chi connectivity index (χ4v) is 3.86. The molecular formula is C21H30N2O5. The van der Waals surface area contributed by atoms with E-state index in [4.69, 9.17) is 9.84 Å². The van der Waals surface area contributed by atoms with Crippen LogP contribution in [0.2, 0.25) is 0 Å². The number of carboxylic acid groups (broad SMARTS) is 1. The van der Waals surface area contributed by atoms with E-state index in [1.54, 1.807) is 26.2 Å². The minimum Gasteiger partial charge on any atom is -0.478 e. The molecule has 2 rings (SSSR count). The summed E-state index contributed by atoms with van der Waals surface area (Å²) in [6.07, 6.45) is 5.09. The Hall–Kier alpha value is -2.41. The number of carboxylic acids is 1. The maximum absolute atomic E-state index is 11.8. The highest BCUT2D eigenvalue weighted by Gasteiger charge is 2.30. The van der Waals surface area contributed by atoms with Crippen molar-refractivity contribution in [1.82, 2.24) is 0 Å². The fraction of sp³-hybridized carbons (Fsp3) is 0.571. The number of ether oxygens (including phenoxy) is 1. The van der Waals surface area contributed by atoms with Gasteiger partial charge in [0.1, 0.15) is 5.69 Å². The third kappa shape index (κ3) is 5.55. The minimum absolute atomic E-state index is 0.0187. The second-order valence-electron chi connectivity index (χ2n) is 7.84. The molecule has 154 valence electrons. The molecule has 0 aromatic heterocycles. The summed E-state index contributed by atoms with van der Waals surface area (Å²) in [7, 11) is 1.73. The molecule has 1 N–H and O–H groups in total. The molecule has 0 unspecified atom stereocenters. The maximum Gasteiger partial charge on any atom is 0.328 e. The Balaban J connectivity index is 2.41. The molecule has 1 aliphatic carbocycles. The lowest BCUT2D eigenvalue weighted by atomic mass is 9.90. The van der Waals surface area contributed by atoms with Crippen LogP contribution in [0.15, 0.2) is 24.3 Å². The summed E-state index contributed by atoms with van der Waals surface area (Å²) in [4.78, 5) is 24.5. The predicted molar refractivity (Wildman–Crippen MR) is 110 cm³/mol. The molecule has 1 saturated carbocycles. The van der Waals surface area contributed by atoms with Gasteiger partial charge in [0.15, 0.2) is 0 Å². The van der Waals surface area contributed by atoms with Gasteiger partial charge in [0, 0.05) is 31.8 Å². The van der Waals surface area contributed by atoms with E-state index in [0.717, 1.165) is 38.3 Å². The molecule has 0 amide bonds. The van der Waals surface area contributed by atoms with Gasteiger partial charge in [0.2, 0.25) is 0 Å². The van der Waals surface area contributed by atoms with Gasteiger partial charge in [-0.15, -0.1) is 0 Å². The number of allylic oxidation sites excluding steroid dienone is 1. The molecule has 0 aliphatic heterocycles. The van der Waals surface area contributed by atoms with Gasteiger partial charge in [-0.25, -0.2) is 4.79 Å². The maximum atomic E-state index is 11.8. The Morgan fingerprint density at radius 3 is 2.50 bits per heavy atom. The number of nitro groups is 1. The van der Waals surface area contributed by atoms with Crippen LogP contribution in [-0.4, -0.2) is 41.8 Å². The molecule has 7 heteroatoms. The van der Waals surface area contributed by atoms with Crippen molar-refractivity contribution in [1.29, 1.82) is 0 Å². The molecule has 0 saturated heterocycles. The zero-order chi connectivity index (χ0) is 20.8. The van der Waals surface area contributed by atoms with Crippen LogP contribution in [0.3, 0.4) is 0 Å². The number of rotatable bonds is 8. The number of hydrogen-bond acceptors (Lipinski definition) is 5. The van der Waals surface area contributed by atoms with Crippen molar-refractivity contribution in [2.24, 2.45) is 5.92 Å². The topological polar surface area (TPSA) is 92.9 Å². The monoisotopic (exact) mass is 390 g/mol. The van der Waals surface area contributed by atoms with Crippen LogP contribution in [0.1, 0.15) is 52.0 Å². The highest BCUT2D eigenvalue weighted by Crippen LogP contribution is 2.36. The van der Waals surface area contributed by atoms with Crippen molar-refractivity contribution in [3.05, 3.63) is 40.0 Å². The van der Waals surface area contributed by atoms with Gasteiger partial charge in [-0.1, -0.05) is 19.9 Å². The van der Waals surface area contributed by atoms with E-state index in [1.165, 1.54) is 6.07 Å².